The smallest absolute Gasteiger partial charge is 0.0946 e. The van der Waals surface area contributed by atoms with E-state index >= 15 is 0 Å². The monoisotopic (exact) mass is 244 g/mol. The highest BCUT2D eigenvalue weighted by Crippen LogP contribution is 1.99. The molecule has 0 aromatic heterocycles. The topological polar surface area (TPSA) is 24.1 Å². The van der Waals surface area contributed by atoms with E-state index in [4.69, 9.17) is 12.2 Å². The van der Waals surface area contributed by atoms with Crippen LogP contribution in [0.2, 0.25) is 0 Å². The summed E-state index contributed by atoms with van der Waals surface area (Å²) in [6, 6.07) is 10.1. The summed E-state index contributed by atoms with van der Waals surface area (Å²) >= 11 is 8.05. The van der Waals surface area contributed by atoms with Crippen molar-refractivity contribution in [2.75, 3.05) is 0 Å². The van der Waals surface area contributed by atoms with Crippen LogP contribution in [-0.4, -0.2) is 4.99 Å². The molecule has 4 heteroatoms. The van der Waals surface area contributed by atoms with Gasteiger partial charge in [0.05, 0.1) is 4.99 Å². The largest absolute Gasteiger partial charge is 0.305 e. The zero-order chi connectivity index (χ0) is 8.81. The Labute approximate surface area is 85.7 Å². The number of halogens is 1. The Kier molecular flexibility index (Phi) is 4.21. The Hall–Kier alpha value is -0.450. The minimum atomic E-state index is 0.759. The number of thiocarbonyl (C=S) groups is 1. The zero-order valence-corrected chi connectivity index (χ0v) is 8.78. The fourth-order valence-corrected chi connectivity index (χ4v) is 1.47. The second-order valence-corrected chi connectivity index (χ2v) is 3.19. The molecule has 0 heterocycles. The summed E-state index contributed by atoms with van der Waals surface area (Å²) in [4.78, 5) is 0.762. The van der Waals surface area contributed by atoms with Crippen molar-refractivity contribution >= 4 is 33.4 Å². The van der Waals surface area contributed by atoms with Gasteiger partial charge in [-0.1, -0.05) is 42.5 Å². The molecule has 0 saturated heterocycles. The van der Waals surface area contributed by atoms with Crippen LogP contribution in [0.25, 0.3) is 0 Å². The first-order chi connectivity index (χ1) is 5.83. The van der Waals surface area contributed by atoms with Crippen molar-refractivity contribution in [1.82, 2.24) is 9.88 Å². The van der Waals surface area contributed by atoms with Gasteiger partial charge in [0.1, 0.15) is 0 Å². The van der Waals surface area contributed by atoms with Crippen molar-refractivity contribution in [2.45, 2.75) is 6.42 Å². The molecule has 2 N–H and O–H groups in total. The number of benzene rings is 1. The van der Waals surface area contributed by atoms with Gasteiger partial charge in [-0.15, -0.1) is 0 Å². The van der Waals surface area contributed by atoms with Crippen LogP contribution in [0.1, 0.15) is 5.56 Å². The van der Waals surface area contributed by atoms with Gasteiger partial charge in [0.25, 0.3) is 0 Å². The highest BCUT2D eigenvalue weighted by Gasteiger charge is 1.95. The highest BCUT2D eigenvalue weighted by molar-refractivity contribution is 9.08. The van der Waals surface area contributed by atoms with Crippen LogP contribution in [0.5, 0.6) is 0 Å². The SMILES string of the molecule is S=C(Cc1ccccc1)NNBr. The molecule has 64 valence electrons. The first-order valence-electron chi connectivity index (χ1n) is 3.51. The quantitative estimate of drug-likeness (QED) is 0.483. The van der Waals surface area contributed by atoms with E-state index in [0.717, 1.165) is 11.4 Å². The minimum Gasteiger partial charge on any atom is -0.305 e. The van der Waals surface area contributed by atoms with Crippen molar-refractivity contribution in [3.63, 3.8) is 0 Å². The van der Waals surface area contributed by atoms with E-state index in [0.29, 0.717) is 0 Å². The summed E-state index contributed by atoms with van der Waals surface area (Å²) in [5.41, 5.74) is 4.00. The second kappa shape index (κ2) is 5.24. The van der Waals surface area contributed by atoms with Gasteiger partial charge in [-0.2, -0.15) is 4.45 Å². The molecule has 0 spiro atoms. The maximum Gasteiger partial charge on any atom is 0.0946 e. The Morgan fingerprint density at radius 3 is 2.58 bits per heavy atom. The van der Waals surface area contributed by atoms with Gasteiger partial charge in [0, 0.05) is 22.6 Å². The number of nitrogens with one attached hydrogen (secondary N) is 2. The van der Waals surface area contributed by atoms with E-state index in [1.54, 1.807) is 0 Å². The van der Waals surface area contributed by atoms with Crippen molar-refractivity contribution in [2.24, 2.45) is 0 Å². The van der Waals surface area contributed by atoms with Gasteiger partial charge in [-0.3, -0.25) is 0 Å². The Bertz CT molecular complexity index is 250. The molecule has 0 radical (unpaired) electrons. The minimum absolute atomic E-state index is 0.759. The van der Waals surface area contributed by atoms with Crippen molar-refractivity contribution in [1.29, 1.82) is 0 Å². The number of hydrogen-bond donors (Lipinski definition) is 2. The number of hydrazine groups is 1. The lowest BCUT2D eigenvalue weighted by molar-refractivity contribution is 0.940. The van der Waals surface area contributed by atoms with Gasteiger partial charge < -0.3 is 5.43 Å². The molecule has 12 heavy (non-hydrogen) atoms. The molecule has 0 fully saturated rings. The summed E-state index contributed by atoms with van der Waals surface area (Å²) in [6.45, 7) is 0. The average Bonchev–Trinajstić information content (AvgIpc) is 2.06. The van der Waals surface area contributed by atoms with Crippen LogP contribution in [0.15, 0.2) is 30.3 Å². The molecule has 1 rings (SSSR count). The maximum absolute atomic E-state index is 5.03. The molecular formula is C8H9BrN2S. The molecule has 1 aromatic rings. The van der Waals surface area contributed by atoms with Crippen LogP contribution >= 0.6 is 28.4 Å². The number of rotatable bonds is 3. The first-order valence-corrected chi connectivity index (χ1v) is 4.71. The normalized spacial score (nSPS) is 9.42. The molecule has 0 unspecified atom stereocenters. The van der Waals surface area contributed by atoms with E-state index in [9.17, 15) is 0 Å². The van der Waals surface area contributed by atoms with Crippen LogP contribution in [0, 0.1) is 0 Å². The summed E-state index contributed by atoms with van der Waals surface area (Å²) in [5, 5.41) is 0. The lowest BCUT2D eigenvalue weighted by atomic mass is 10.2. The van der Waals surface area contributed by atoms with Gasteiger partial charge in [-0.25, -0.2) is 0 Å². The van der Waals surface area contributed by atoms with Gasteiger partial charge in [0.15, 0.2) is 0 Å². The molecule has 1 aromatic carbocycles. The average molecular weight is 245 g/mol. The Balaban J connectivity index is 2.47. The summed E-state index contributed by atoms with van der Waals surface area (Å²) in [7, 11) is 0. The third-order valence-electron chi connectivity index (χ3n) is 1.39. The standard InChI is InChI=1S/C8H9BrN2S/c9-11-10-8(12)6-7-4-2-1-3-5-7/h1-5,11H,6H2,(H,10,12). The third-order valence-corrected chi connectivity index (χ3v) is 1.84. The van der Waals surface area contributed by atoms with Crippen LogP contribution in [-0.2, 0) is 6.42 Å². The molecule has 0 atom stereocenters. The first kappa shape index (κ1) is 9.64. The molecular weight excluding hydrogens is 236 g/mol. The fourth-order valence-electron chi connectivity index (χ4n) is 0.878. The molecule has 0 saturated carbocycles. The second-order valence-electron chi connectivity index (χ2n) is 2.31. The number of hydrogen-bond acceptors (Lipinski definition) is 2. The van der Waals surface area contributed by atoms with Gasteiger partial charge >= 0.3 is 0 Å². The molecule has 0 aliphatic heterocycles. The van der Waals surface area contributed by atoms with Gasteiger partial charge in [0.2, 0.25) is 0 Å². The molecule has 0 aliphatic carbocycles. The maximum atomic E-state index is 5.03. The predicted octanol–water partition coefficient (Wildman–Crippen LogP) is 1.96. The molecule has 2 nitrogen and oxygen atoms in total. The highest BCUT2D eigenvalue weighted by atomic mass is 79.9. The van der Waals surface area contributed by atoms with E-state index < -0.39 is 0 Å². The van der Waals surface area contributed by atoms with Crippen molar-refractivity contribution < 1.29 is 0 Å². The Morgan fingerprint density at radius 2 is 2.00 bits per heavy atom. The van der Waals surface area contributed by atoms with E-state index in [1.807, 2.05) is 30.3 Å². The lowest BCUT2D eigenvalue weighted by Crippen LogP contribution is -2.29. The fraction of sp³-hybridized carbons (Fsp3) is 0.125. The van der Waals surface area contributed by atoms with E-state index in [2.05, 4.69) is 26.0 Å². The summed E-state index contributed by atoms with van der Waals surface area (Å²) in [6.07, 6.45) is 0.759. The van der Waals surface area contributed by atoms with E-state index in [-0.39, 0.29) is 0 Å². The van der Waals surface area contributed by atoms with Gasteiger partial charge in [-0.05, 0) is 5.56 Å². The molecule has 0 aliphatic rings. The summed E-state index contributed by atoms with van der Waals surface area (Å²) < 4.78 is 2.61. The van der Waals surface area contributed by atoms with Crippen LogP contribution in [0.4, 0.5) is 0 Å². The Morgan fingerprint density at radius 1 is 1.33 bits per heavy atom. The van der Waals surface area contributed by atoms with Crippen molar-refractivity contribution in [3.8, 4) is 0 Å². The van der Waals surface area contributed by atoms with Crippen molar-refractivity contribution in [3.05, 3.63) is 35.9 Å². The summed E-state index contributed by atoms with van der Waals surface area (Å²) in [5.74, 6) is 0. The predicted molar refractivity (Wildman–Crippen MR) is 57.9 cm³/mol. The molecule has 0 bridgehead atoms. The van der Waals surface area contributed by atoms with Crippen LogP contribution < -0.4 is 9.88 Å². The molecule has 0 amide bonds. The third kappa shape index (κ3) is 3.30. The lowest BCUT2D eigenvalue weighted by Gasteiger charge is -2.03. The van der Waals surface area contributed by atoms with Crippen LogP contribution in [0.3, 0.4) is 0 Å². The van der Waals surface area contributed by atoms with E-state index in [1.165, 1.54) is 5.56 Å². The zero-order valence-electron chi connectivity index (χ0n) is 6.38.